The lowest BCUT2D eigenvalue weighted by Crippen LogP contribution is -2.24. The van der Waals surface area contributed by atoms with Crippen molar-refractivity contribution in [3.8, 4) is 11.4 Å². The normalized spacial score (nSPS) is 14.8. The fourth-order valence-electron chi connectivity index (χ4n) is 3.29. The van der Waals surface area contributed by atoms with Crippen LogP contribution in [0.3, 0.4) is 0 Å². The Kier molecular flexibility index (Phi) is 5.05. The molecule has 0 radical (unpaired) electrons. The molecule has 4 rings (SSSR count). The first-order valence-electron chi connectivity index (χ1n) is 9.27. The van der Waals surface area contributed by atoms with Crippen LogP contribution in [0.15, 0.2) is 60.7 Å². The Morgan fingerprint density at radius 1 is 0.692 bits per heavy atom. The maximum Gasteiger partial charge on any atom is 0.232 e. The minimum atomic E-state index is 0.444. The predicted octanol–water partition coefficient (Wildman–Crippen LogP) is 5.03. The van der Waals surface area contributed by atoms with Crippen LogP contribution in [-0.2, 0) is 0 Å². The van der Waals surface area contributed by atoms with E-state index in [-0.39, 0.29) is 0 Å². The number of rotatable bonds is 5. The van der Waals surface area contributed by atoms with Gasteiger partial charge in [-0.3, -0.25) is 0 Å². The molecule has 0 saturated heterocycles. The third-order valence-corrected chi connectivity index (χ3v) is 4.64. The smallest absolute Gasteiger partial charge is 0.232 e. The highest BCUT2D eigenvalue weighted by molar-refractivity contribution is 5.60. The van der Waals surface area contributed by atoms with Gasteiger partial charge < -0.3 is 10.6 Å². The minimum Gasteiger partial charge on any atom is -0.351 e. The Balaban J connectivity index is 1.64. The summed E-state index contributed by atoms with van der Waals surface area (Å²) < 4.78 is 0. The molecule has 1 saturated carbocycles. The van der Waals surface area contributed by atoms with Crippen molar-refractivity contribution in [2.45, 2.75) is 38.1 Å². The summed E-state index contributed by atoms with van der Waals surface area (Å²) in [6, 6.07) is 20.4. The molecule has 2 N–H and O–H groups in total. The van der Waals surface area contributed by atoms with Crippen molar-refractivity contribution in [1.29, 1.82) is 0 Å². The summed E-state index contributed by atoms with van der Waals surface area (Å²) in [5.41, 5.74) is 1.94. The first-order valence-corrected chi connectivity index (χ1v) is 9.27. The van der Waals surface area contributed by atoms with E-state index < -0.39 is 0 Å². The van der Waals surface area contributed by atoms with Crippen LogP contribution in [0.25, 0.3) is 11.4 Å². The average Bonchev–Trinajstić information content (AvgIpc) is 2.70. The van der Waals surface area contributed by atoms with Crippen molar-refractivity contribution in [3.05, 3.63) is 60.7 Å². The molecule has 5 heteroatoms. The maximum atomic E-state index is 4.67. The fourth-order valence-corrected chi connectivity index (χ4v) is 3.29. The van der Waals surface area contributed by atoms with Crippen LogP contribution in [0.4, 0.5) is 17.6 Å². The van der Waals surface area contributed by atoms with Crippen molar-refractivity contribution < 1.29 is 0 Å². The zero-order valence-corrected chi connectivity index (χ0v) is 14.7. The highest BCUT2D eigenvalue weighted by Crippen LogP contribution is 2.23. The van der Waals surface area contributed by atoms with E-state index in [0.717, 1.165) is 11.3 Å². The lowest BCUT2D eigenvalue weighted by molar-refractivity contribution is 0.461. The topological polar surface area (TPSA) is 62.7 Å². The van der Waals surface area contributed by atoms with Gasteiger partial charge in [-0.2, -0.15) is 15.0 Å². The summed E-state index contributed by atoms with van der Waals surface area (Å²) in [7, 11) is 0. The zero-order valence-electron chi connectivity index (χ0n) is 14.7. The lowest BCUT2D eigenvalue weighted by atomic mass is 9.96. The molecule has 26 heavy (non-hydrogen) atoms. The molecule has 0 amide bonds. The maximum absolute atomic E-state index is 4.67. The molecule has 2 aromatic carbocycles. The van der Waals surface area contributed by atoms with Gasteiger partial charge in [0.05, 0.1) is 0 Å². The molecular weight excluding hydrogens is 322 g/mol. The molecule has 5 nitrogen and oxygen atoms in total. The first kappa shape index (κ1) is 16.5. The van der Waals surface area contributed by atoms with Gasteiger partial charge in [-0.1, -0.05) is 67.8 Å². The fraction of sp³-hybridized carbons (Fsp3) is 0.286. The number of hydrogen-bond donors (Lipinski definition) is 2. The number of benzene rings is 2. The highest BCUT2D eigenvalue weighted by atomic mass is 15.2. The molecular formula is C21H23N5. The van der Waals surface area contributed by atoms with Crippen LogP contribution in [0, 0.1) is 0 Å². The van der Waals surface area contributed by atoms with Gasteiger partial charge in [-0.05, 0) is 25.0 Å². The Morgan fingerprint density at radius 3 is 2.08 bits per heavy atom. The summed E-state index contributed by atoms with van der Waals surface area (Å²) >= 11 is 0. The largest absolute Gasteiger partial charge is 0.351 e. The van der Waals surface area contributed by atoms with Crippen molar-refractivity contribution in [1.82, 2.24) is 15.0 Å². The molecule has 1 aliphatic carbocycles. The second kappa shape index (κ2) is 7.95. The molecule has 1 aliphatic rings. The number of anilines is 3. The molecule has 0 aliphatic heterocycles. The molecule has 0 unspecified atom stereocenters. The molecule has 132 valence electrons. The van der Waals surface area contributed by atoms with E-state index in [1.807, 2.05) is 60.7 Å². The van der Waals surface area contributed by atoms with E-state index in [1.165, 1.54) is 32.1 Å². The third kappa shape index (κ3) is 4.17. The van der Waals surface area contributed by atoms with Crippen LogP contribution < -0.4 is 10.6 Å². The molecule has 0 bridgehead atoms. The van der Waals surface area contributed by atoms with Gasteiger partial charge >= 0.3 is 0 Å². The Bertz CT molecular complexity index is 830. The number of hydrogen-bond acceptors (Lipinski definition) is 5. The Hall–Kier alpha value is -2.95. The van der Waals surface area contributed by atoms with Crippen molar-refractivity contribution in [2.24, 2.45) is 0 Å². The van der Waals surface area contributed by atoms with Gasteiger partial charge in [0.2, 0.25) is 11.9 Å². The third-order valence-electron chi connectivity index (χ3n) is 4.64. The second-order valence-corrected chi connectivity index (χ2v) is 6.64. The van der Waals surface area contributed by atoms with Crippen molar-refractivity contribution >= 4 is 17.6 Å². The quantitative estimate of drug-likeness (QED) is 0.679. The number of para-hydroxylation sites is 1. The van der Waals surface area contributed by atoms with Gasteiger partial charge in [-0.25, -0.2) is 0 Å². The van der Waals surface area contributed by atoms with Gasteiger partial charge in [0.15, 0.2) is 5.82 Å². The van der Waals surface area contributed by atoms with Gasteiger partial charge in [0.1, 0.15) is 0 Å². The number of aromatic nitrogens is 3. The molecule has 0 atom stereocenters. The van der Waals surface area contributed by atoms with E-state index in [0.29, 0.717) is 23.8 Å². The van der Waals surface area contributed by atoms with E-state index in [4.69, 9.17) is 0 Å². The number of nitrogens with zero attached hydrogens (tertiary/aromatic N) is 3. The van der Waals surface area contributed by atoms with E-state index in [1.54, 1.807) is 0 Å². The van der Waals surface area contributed by atoms with E-state index in [9.17, 15) is 0 Å². The zero-order chi connectivity index (χ0) is 17.6. The van der Waals surface area contributed by atoms with Crippen LogP contribution in [0.5, 0.6) is 0 Å². The summed E-state index contributed by atoms with van der Waals surface area (Å²) in [6.07, 6.45) is 6.21. The summed E-state index contributed by atoms with van der Waals surface area (Å²) in [5, 5.41) is 6.80. The summed E-state index contributed by atoms with van der Waals surface area (Å²) in [6.45, 7) is 0. The standard InChI is InChI=1S/C21H23N5/c1-4-10-16(11-5-1)19-24-20(22-17-12-6-2-7-13-17)26-21(25-19)23-18-14-8-3-9-15-18/h1-2,4-7,10-13,18H,3,8-9,14-15H2,(H2,22,23,24,25,26). The molecule has 0 spiro atoms. The predicted molar refractivity (Wildman–Crippen MR) is 105 cm³/mol. The van der Waals surface area contributed by atoms with E-state index in [2.05, 4.69) is 25.6 Å². The van der Waals surface area contributed by atoms with Gasteiger partial charge in [0, 0.05) is 17.3 Å². The average molecular weight is 345 g/mol. The highest BCUT2D eigenvalue weighted by Gasteiger charge is 2.16. The van der Waals surface area contributed by atoms with Crippen LogP contribution >= 0.6 is 0 Å². The molecule has 1 heterocycles. The minimum absolute atomic E-state index is 0.444. The monoisotopic (exact) mass is 345 g/mol. The molecule has 3 aromatic rings. The summed E-state index contributed by atoms with van der Waals surface area (Å²) in [5.74, 6) is 1.88. The SMILES string of the molecule is c1ccc(Nc2nc(NC3CCCCC3)nc(-c3ccccc3)n2)cc1. The van der Waals surface area contributed by atoms with Crippen LogP contribution in [-0.4, -0.2) is 21.0 Å². The van der Waals surface area contributed by atoms with Gasteiger partial charge in [-0.15, -0.1) is 0 Å². The first-order chi connectivity index (χ1) is 12.9. The Labute approximate surface area is 153 Å². The van der Waals surface area contributed by atoms with Crippen LogP contribution in [0.2, 0.25) is 0 Å². The molecule has 1 aromatic heterocycles. The molecule has 1 fully saturated rings. The van der Waals surface area contributed by atoms with Crippen molar-refractivity contribution in [3.63, 3.8) is 0 Å². The second-order valence-electron chi connectivity index (χ2n) is 6.64. The van der Waals surface area contributed by atoms with E-state index >= 15 is 0 Å². The lowest BCUT2D eigenvalue weighted by Gasteiger charge is -2.23. The summed E-state index contributed by atoms with van der Waals surface area (Å²) in [4.78, 5) is 13.9. The number of nitrogens with one attached hydrogen (secondary N) is 2. The Morgan fingerprint density at radius 2 is 1.35 bits per heavy atom. The van der Waals surface area contributed by atoms with Crippen molar-refractivity contribution in [2.75, 3.05) is 10.6 Å². The van der Waals surface area contributed by atoms with Crippen LogP contribution in [0.1, 0.15) is 32.1 Å². The van der Waals surface area contributed by atoms with Gasteiger partial charge in [0.25, 0.3) is 0 Å².